The molecule has 138 valence electrons. The molecule has 0 bridgehead atoms. The lowest BCUT2D eigenvalue weighted by Gasteiger charge is -2.39. The molecule has 4 heterocycles. The molecule has 5 rings (SSSR count). The first-order chi connectivity index (χ1) is 12.6. The predicted octanol–water partition coefficient (Wildman–Crippen LogP) is 0.820. The predicted molar refractivity (Wildman–Crippen MR) is 85.8 cm³/mol. The molecule has 2 saturated heterocycles. The molecule has 1 saturated carbocycles. The zero-order valence-corrected chi connectivity index (χ0v) is 14.0. The van der Waals surface area contributed by atoms with Crippen molar-refractivity contribution in [3.05, 3.63) is 6.20 Å². The van der Waals surface area contributed by atoms with E-state index in [1.165, 1.54) is 11.1 Å². The molecule has 0 atom stereocenters. The summed E-state index contributed by atoms with van der Waals surface area (Å²) in [4.78, 5) is 33.8. The lowest BCUT2D eigenvalue weighted by atomic mass is 9.81. The van der Waals surface area contributed by atoms with Crippen molar-refractivity contribution in [1.82, 2.24) is 9.97 Å². The number of carbonyl (C=O) groups is 2. The van der Waals surface area contributed by atoms with Gasteiger partial charge in [0.15, 0.2) is 24.0 Å². The number of hydrogen-bond donors (Lipinski definition) is 1. The minimum atomic E-state index is -0.574. The molecule has 3 aliphatic heterocycles. The molecule has 3 fully saturated rings. The van der Waals surface area contributed by atoms with Gasteiger partial charge >= 0.3 is 6.09 Å². The summed E-state index contributed by atoms with van der Waals surface area (Å²) in [6, 6.07) is 0. The molecule has 2 spiro atoms. The third-order valence-corrected chi connectivity index (χ3v) is 5.31. The number of carbonyl (C=O) groups excluding carboxylic acids is 2. The maximum absolute atomic E-state index is 12.4. The molecule has 1 N–H and O–H groups in total. The second-order valence-electron chi connectivity index (χ2n) is 6.96. The summed E-state index contributed by atoms with van der Waals surface area (Å²) >= 11 is 0. The van der Waals surface area contributed by atoms with Crippen LogP contribution in [-0.2, 0) is 19.0 Å². The molecule has 1 aromatic heterocycles. The van der Waals surface area contributed by atoms with Gasteiger partial charge < -0.3 is 24.3 Å². The molecule has 4 aliphatic rings. The van der Waals surface area contributed by atoms with Gasteiger partial charge in [-0.3, -0.25) is 9.69 Å². The summed E-state index contributed by atoms with van der Waals surface area (Å²) in [5, 5.41) is 2.59. The Morgan fingerprint density at radius 2 is 1.88 bits per heavy atom. The fraction of sp³-hybridized carbons (Fsp3) is 0.625. The van der Waals surface area contributed by atoms with Crippen LogP contribution in [0.4, 0.5) is 16.4 Å². The van der Waals surface area contributed by atoms with Crippen molar-refractivity contribution >= 4 is 23.6 Å². The molecule has 1 aromatic rings. The highest BCUT2D eigenvalue weighted by molar-refractivity contribution is 5.94. The maximum Gasteiger partial charge on any atom is 0.416 e. The summed E-state index contributed by atoms with van der Waals surface area (Å²) in [6.07, 6.45) is 3.68. The Labute approximate surface area is 148 Å². The molecule has 0 radical (unpaired) electrons. The van der Waals surface area contributed by atoms with Gasteiger partial charge in [-0.05, 0) is 12.8 Å². The van der Waals surface area contributed by atoms with Crippen molar-refractivity contribution in [3.63, 3.8) is 0 Å². The molecular weight excluding hydrogens is 344 g/mol. The number of anilines is 2. The number of ether oxygens (including phenoxy) is 4. The van der Waals surface area contributed by atoms with E-state index in [2.05, 4.69) is 15.3 Å². The number of rotatable bonds is 1. The van der Waals surface area contributed by atoms with Crippen molar-refractivity contribution in [3.8, 4) is 5.88 Å². The lowest BCUT2D eigenvalue weighted by Crippen LogP contribution is -2.46. The van der Waals surface area contributed by atoms with Gasteiger partial charge in [0.2, 0.25) is 0 Å². The van der Waals surface area contributed by atoms with Gasteiger partial charge in [0.25, 0.3) is 11.8 Å². The van der Waals surface area contributed by atoms with Crippen LogP contribution in [0.15, 0.2) is 6.20 Å². The van der Waals surface area contributed by atoms with Crippen molar-refractivity contribution in [1.29, 1.82) is 0 Å². The van der Waals surface area contributed by atoms with E-state index in [1.807, 2.05) is 0 Å². The SMILES string of the molecule is O=C1COc2ncc(N3CC4(CCC5(CC4)OCCO5)OC3=O)nc2N1. The highest BCUT2D eigenvalue weighted by Gasteiger charge is 2.53. The van der Waals surface area contributed by atoms with Gasteiger partial charge in [0.05, 0.1) is 26.0 Å². The summed E-state index contributed by atoms with van der Waals surface area (Å²) in [5.74, 6) is -0.0459. The largest absolute Gasteiger partial charge is 0.465 e. The zero-order valence-electron chi connectivity index (χ0n) is 14.0. The molecular formula is C16H18N4O6. The van der Waals surface area contributed by atoms with Gasteiger partial charge in [0.1, 0.15) is 5.60 Å². The van der Waals surface area contributed by atoms with E-state index >= 15 is 0 Å². The van der Waals surface area contributed by atoms with E-state index in [0.717, 1.165) is 0 Å². The molecule has 2 amide bonds. The second kappa shape index (κ2) is 5.52. The number of aromatic nitrogens is 2. The molecule has 0 unspecified atom stereocenters. The van der Waals surface area contributed by atoms with E-state index in [1.54, 1.807) is 0 Å². The van der Waals surface area contributed by atoms with Crippen molar-refractivity contribution < 1.29 is 28.5 Å². The highest BCUT2D eigenvalue weighted by atomic mass is 16.7. The smallest absolute Gasteiger partial charge is 0.416 e. The monoisotopic (exact) mass is 362 g/mol. The van der Waals surface area contributed by atoms with Crippen LogP contribution in [0.5, 0.6) is 5.88 Å². The lowest BCUT2D eigenvalue weighted by molar-refractivity contribution is -0.197. The Bertz CT molecular complexity index is 768. The van der Waals surface area contributed by atoms with Crippen LogP contribution < -0.4 is 15.0 Å². The first-order valence-electron chi connectivity index (χ1n) is 8.65. The Balaban J connectivity index is 1.34. The Hall–Kier alpha value is -2.46. The van der Waals surface area contributed by atoms with E-state index in [4.69, 9.17) is 18.9 Å². The normalized spacial score (nSPS) is 25.8. The third-order valence-electron chi connectivity index (χ3n) is 5.31. The van der Waals surface area contributed by atoms with Gasteiger partial charge in [0, 0.05) is 12.8 Å². The Morgan fingerprint density at radius 3 is 2.65 bits per heavy atom. The second-order valence-corrected chi connectivity index (χ2v) is 6.96. The van der Waals surface area contributed by atoms with Crippen LogP contribution in [-0.4, -0.2) is 59.7 Å². The minimum absolute atomic E-state index is 0.0955. The molecule has 1 aliphatic carbocycles. The summed E-state index contributed by atoms with van der Waals surface area (Å²) in [7, 11) is 0. The van der Waals surface area contributed by atoms with Crippen molar-refractivity contribution in [2.45, 2.75) is 37.1 Å². The zero-order chi connectivity index (χ0) is 17.8. The molecule has 10 heteroatoms. The fourth-order valence-corrected chi connectivity index (χ4v) is 3.92. The Kier molecular flexibility index (Phi) is 3.35. The first-order valence-corrected chi connectivity index (χ1v) is 8.65. The summed E-state index contributed by atoms with van der Waals surface area (Å²) < 4.78 is 22.4. The maximum atomic E-state index is 12.4. The van der Waals surface area contributed by atoms with Crippen LogP contribution in [0.2, 0.25) is 0 Å². The van der Waals surface area contributed by atoms with Gasteiger partial charge in [-0.15, -0.1) is 0 Å². The highest BCUT2D eigenvalue weighted by Crippen LogP contribution is 2.45. The van der Waals surface area contributed by atoms with E-state index in [9.17, 15) is 9.59 Å². The standard InChI is InChI=1S/C16H18N4O6/c21-11-8-23-13-12(19-11)18-10(7-17-13)20-9-15(26-14(20)22)1-3-16(4-2-15)24-5-6-25-16/h7H,1-6,8-9H2,(H,18,19,21). The van der Waals surface area contributed by atoms with Gasteiger partial charge in [-0.2, -0.15) is 0 Å². The molecule has 0 aromatic carbocycles. The number of nitrogens with one attached hydrogen (secondary N) is 1. The van der Waals surface area contributed by atoms with Crippen LogP contribution in [0.1, 0.15) is 25.7 Å². The minimum Gasteiger partial charge on any atom is -0.465 e. The number of amides is 2. The van der Waals surface area contributed by atoms with E-state index < -0.39 is 17.5 Å². The quantitative estimate of drug-likeness (QED) is 0.781. The molecule has 10 nitrogen and oxygen atoms in total. The van der Waals surface area contributed by atoms with Crippen LogP contribution in [0.25, 0.3) is 0 Å². The van der Waals surface area contributed by atoms with Gasteiger partial charge in [-0.1, -0.05) is 0 Å². The number of hydrogen-bond acceptors (Lipinski definition) is 8. The third kappa shape index (κ3) is 2.48. The first kappa shape index (κ1) is 15.8. The Morgan fingerprint density at radius 1 is 1.12 bits per heavy atom. The van der Waals surface area contributed by atoms with Gasteiger partial charge in [-0.25, -0.2) is 14.8 Å². The number of fused-ring (bicyclic) bond motifs is 1. The fourth-order valence-electron chi connectivity index (χ4n) is 3.92. The van der Waals surface area contributed by atoms with E-state index in [-0.39, 0.29) is 24.2 Å². The van der Waals surface area contributed by atoms with Crippen molar-refractivity contribution in [2.24, 2.45) is 0 Å². The average Bonchev–Trinajstić information content (AvgIpc) is 3.22. The van der Waals surface area contributed by atoms with Crippen molar-refractivity contribution in [2.75, 3.05) is 36.6 Å². The number of nitrogens with zero attached hydrogens (tertiary/aromatic N) is 3. The summed E-state index contributed by atoms with van der Waals surface area (Å²) in [5.41, 5.74) is -0.574. The summed E-state index contributed by atoms with van der Waals surface area (Å²) in [6.45, 7) is 1.50. The molecule has 26 heavy (non-hydrogen) atoms. The topological polar surface area (TPSA) is 112 Å². The van der Waals surface area contributed by atoms with Crippen LogP contribution in [0.3, 0.4) is 0 Å². The van der Waals surface area contributed by atoms with Crippen LogP contribution in [0, 0.1) is 0 Å². The average molecular weight is 362 g/mol. The van der Waals surface area contributed by atoms with Crippen LogP contribution >= 0.6 is 0 Å². The van der Waals surface area contributed by atoms with E-state index in [0.29, 0.717) is 51.3 Å².